The number of carbonyl (C=O) groups excluding carboxylic acids is 1. The first-order valence-electron chi connectivity index (χ1n) is 8.80. The van der Waals surface area contributed by atoms with Gasteiger partial charge in [-0.2, -0.15) is 0 Å². The van der Waals surface area contributed by atoms with Crippen LogP contribution in [0.3, 0.4) is 0 Å². The number of anilines is 1. The highest BCUT2D eigenvalue weighted by Crippen LogP contribution is 2.39. The fourth-order valence-corrected chi connectivity index (χ4v) is 4.15. The predicted molar refractivity (Wildman–Crippen MR) is 92.8 cm³/mol. The first kappa shape index (κ1) is 16.5. The van der Waals surface area contributed by atoms with Gasteiger partial charge in [0.25, 0.3) is 0 Å². The van der Waals surface area contributed by atoms with Crippen LogP contribution in [0.15, 0.2) is 24.3 Å². The Morgan fingerprint density at radius 2 is 1.83 bits per heavy atom. The number of methoxy groups -OCH3 is 1. The molecule has 1 atom stereocenters. The van der Waals surface area contributed by atoms with Gasteiger partial charge in [-0.1, -0.05) is 17.7 Å². The van der Waals surface area contributed by atoms with Crippen LogP contribution in [0.1, 0.15) is 37.7 Å². The fraction of sp³-hybridized carbons (Fsp3) is 0.632. The number of hydrogen-bond donors (Lipinski definition) is 0. The molecule has 2 heterocycles. The summed E-state index contributed by atoms with van der Waals surface area (Å²) in [7, 11) is 1.74. The molecule has 3 rings (SSSR count). The monoisotopic (exact) mass is 316 g/mol. The van der Waals surface area contributed by atoms with E-state index in [0.29, 0.717) is 5.91 Å². The molecule has 0 radical (unpaired) electrons. The largest absolute Gasteiger partial charge is 0.385 e. The number of likely N-dealkylation sites (tertiary alicyclic amines) is 1. The summed E-state index contributed by atoms with van der Waals surface area (Å²) in [5, 5.41) is 0. The summed E-state index contributed by atoms with van der Waals surface area (Å²) in [5.41, 5.74) is 2.01. The van der Waals surface area contributed by atoms with Crippen LogP contribution in [-0.2, 0) is 9.53 Å². The van der Waals surface area contributed by atoms with E-state index in [2.05, 4.69) is 36.1 Å². The number of hydrogen-bond acceptors (Lipinski definition) is 3. The van der Waals surface area contributed by atoms with Gasteiger partial charge in [0.1, 0.15) is 5.54 Å². The zero-order valence-electron chi connectivity index (χ0n) is 14.4. The second kappa shape index (κ2) is 7.02. The highest BCUT2D eigenvalue weighted by molar-refractivity contribution is 6.01. The van der Waals surface area contributed by atoms with Crippen LogP contribution in [0.25, 0.3) is 0 Å². The van der Waals surface area contributed by atoms with Crippen molar-refractivity contribution in [1.29, 1.82) is 0 Å². The molecular formula is C19H28N2O2. The number of piperidine rings is 1. The molecule has 4 heteroatoms. The molecule has 4 nitrogen and oxygen atoms in total. The third-order valence-corrected chi connectivity index (χ3v) is 5.36. The second-order valence-electron chi connectivity index (χ2n) is 6.86. The Morgan fingerprint density at radius 3 is 2.52 bits per heavy atom. The Labute approximate surface area is 139 Å². The minimum atomic E-state index is -0.267. The van der Waals surface area contributed by atoms with Gasteiger partial charge in [-0.25, -0.2) is 0 Å². The zero-order valence-corrected chi connectivity index (χ0v) is 14.4. The first-order chi connectivity index (χ1) is 11.2. The van der Waals surface area contributed by atoms with Crippen LogP contribution in [0, 0.1) is 6.92 Å². The van der Waals surface area contributed by atoms with Gasteiger partial charge in [0.05, 0.1) is 0 Å². The summed E-state index contributed by atoms with van der Waals surface area (Å²) in [4.78, 5) is 17.8. The smallest absolute Gasteiger partial charge is 0.247 e. The van der Waals surface area contributed by atoms with Crippen LogP contribution in [0.5, 0.6) is 0 Å². The Hall–Kier alpha value is -1.39. The van der Waals surface area contributed by atoms with E-state index >= 15 is 0 Å². The van der Waals surface area contributed by atoms with E-state index in [-0.39, 0.29) is 5.54 Å². The summed E-state index contributed by atoms with van der Waals surface area (Å²) in [5.74, 6) is 0.308. The molecule has 2 aliphatic heterocycles. The van der Waals surface area contributed by atoms with Gasteiger partial charge in [0, 0.05) is 32.5 Å². The van der Waals surface area contributed by atoms with Crippen molar-refractivity contribution in [2.24, 2.45) is 0 Å². The van der Waals surface area contributed by atoms with Crippen LogP contribution < -0.4 is 4.90 Å². The molecule has 0 aromatic heterocycles. The van der Waals surface area contributed by atoms with Gasteiger partial charge >= 0.3 is 0 Å². The standard InChI is InChI=1S/C19H28N2O2/c1-16-6-8-17(9-7-16)21-14-4-11-19(18(21)22)10-3-12-20(19)13-5-15-23-2/h6-9H,3-5,10-15H2,1-2H3. The van der Waals surface area contributed by atoms with E-state index in [0.717, 1.165) is 64.0 Å². The van der Waals surface area contributed by atoms with Crippen LogP contribution in [0.4, 0.5) is 5.69 Å². The highest BCUT2D eigenvalue weighted by atomic mass is 16.5. The van der Waals surface area contributed by atoms with Crippen LogP contribution in [0.2, 0.25) is 0 Å². The maximum Gasteiger partial charge on any atom is 0.247 e. The van der Waals surface area contributed by atoms with Gasteiger partial charge < -0.3 is 9.64 Å². The summed E-state index contributed by atoms with van der Waals surface area (Å²) in [6, 6.07) is 8.34. The van der Waals surface area contributed by atoms with E-state index in [1.54, 1.807) is 7.11 Å². The van der Waals surface area contributed by atoms with Crippen molar-refractivity contribution < 1.29 is 9.53 Å². The summed E-state index contributed by atoms with van der Waals surface area (Å²) in [6.45, 7) is 5.69. The molecule has 1 aromatic carbocycles. The van der Waals surface area contributed by atoms with Crippen molar-refractivity contribution in [3.63, 3.8) is 0 Å². The number of ether oxygens (including phenoxy) is 1. The number of nitrogens with zero attached hydrogens (tertiary/aromatic N) is 2. The zero-order chi connectivity index (χ0) is 16.3. The van der Waals surface area contributed by atoms with Crippen molar-refractivity contribution >= 4 is 11.6 Å². The summed E-state index contributed by atoms with van der Waals surface area (Å²) < 4.78 is 5.18. The normalized spacial score (nSPS) is 25.5. The third kappa shape index (κ3) is 3.15. The van der Waals surface area contributed by atoms with Gasteiger partial charge in [-0.05, 0) is 57.7 Å². The third-order valence-electron chi connectivity index (χ3n) is 5.36. The molecule has 1 aromatic rings. The van der Waals surface area contributed by atoms with E-state index in [4.69, 9.17) is 4.74 Å². The summed E-state index contributed by atoms with van der Waals surface area (Å²) in [6.07, 6.45) is 5.21. The predicted octanol–water partition coefficient (Wildman–Crippen LogP) is 2.99. The molecule has 1 amide bonds. The lowest BCUT2D eigenvalue weighted by atomic mass is 9.85. The van der Waals surface area contributed by atoms with Crippen LogP contribution >= 0.6 is 0 Å². The Bertz CT molecular complexity index is 543. The summed E-state index contributed by atoms with van der Waals surface area (Å²) >= 11 is 0. The molecule has 1 spiro atoms. The maximum atomic E-state index is 13.3. The molecular weight excluding hydrogens is 288 g/mol. The van der Waals surface area contributed by atoms with Crippen molar-refractivity contribution in [3.8, 4) is 0 Å². The number of carbonyl (C=O) groups is 1. The average molecular weight is 316 g/mol. The first-order valence-corrected chi connectivity index (χ1v) is 8.80. The maximum absolute atomic E-state index is 13.3. The number of rotatable bonds is 5. The SMILES string of the molecule is COCCCN1CCCC12CCCN(c1ccc(C)cc1)C2=O. The van der Waals surface area contributed by atoms with Gasteiger partial charge in [0.15, 0.2) is 0 Å². The Morgan fingerprint density at radius 1 is 1.13 bits per heavy atom. The number of aryl methyl sites for hydroxylation is 1. The number of benzene rings is 1. The molecule has 0 N–H and O–H groups in total. The second-order valence-corrected chi connectivity index (χ2v) is 6.86. The van der Waals surface area contributed by atoms with Crippen molar-refractivity contribution in [2.45, 2.75) is 44.6 Å². The average Bonchev–Trinajstić information content (AvgIpc) is 2.95. The lowest BCUT2D eigenvalue weighted by Gasteiger charge is -2.44. The minimum Gasteiger partial charge on any atom is -0.385 e. The van der Waals surface area contributed by atoms with Crippen LogP contribution in [-0.4, -0.2) is 49.7 Å². The Balaban J connectivity index is 1.79. The number of amides is 1. The van der Waals surface area contributed by atoms with Gasteiger partial charge in [0.2, 0.25) is 5.91 Å². The molecule has 0 saturated carbocycles. The molecule has 2 saturated heterocycles. The van der Waals surface area contributed by atoms with E-state index in [1.165, 1.54) is 5.56 Å². The van der Waals surface area contributed by atoms with Gasteiger partial charge in [-0.15, -0.1) is 0 Å². The lowest BCUT2D eigenvalue weighted by Crippen LogP contribution is -2.60. The van der Waals surface area contributed by atoms with Crippen molar-refractivity contribution in [2.75, 3.05) is 38.3 Å². The molecule has 0 aliphatic carbocycles. The minimum absolute atomic E-state index is 0.267. The topological polar surface area (TPSA) is 32.8 Å². The molecule has 23 heavy (non-hydrogen) atoms. The lowest BCUT2D eigenvalue weighted by molar-refractivity contribution is -0.131. The Kier molecular flexibility index (Phi) is 5.02. The van der Waals surface area contributed by atoms with E-state index in [9.17, 15) is 4.79 Å². The molecule has 2 aliphatic rings. The fourth-order valence-electron chi connectivity index (χ4n) is 4.15. The quantitative estimate of drug-likeness (QED) is 0.783. The van der Waals surface area contributed by atoms with Crippen molar-refractivity contribution in [1.82, 2.24) is 4.90 Å². The molecule has 126 valence electrons. The van der Waals surface area contributed by atoms with E-state index in [1.807, 2.05) is 4.90 Å². The van der Waals surface area contributed by atoms with E-state index < -0.39 is 0 Å². The molecule has 2 fully saturated rings. The highest BCUT2D eigenvalue weighted by Gasteiger charge is 2.50. The molecule has 0 bridgehead atoms. The van der Waals surface area contributed by atoms with Crippen molar-refractivity contribution in [3.05, 3.63) is 29.8 Å². The molecule has 1 unspecified atom stereocenters. The van der Waals surface area contributed by atoms with Gasteiger partial charge in [-0.3, -0.25) is 9.69 Å².